The molecule has 9 heteroatoms. The van der Waals surface area contributed by atoms with E-state index in [0.717, 1.165) is 4.90 Å². The molecule has 0 aliphatic carbocycles. The molecule has 0 bridgehead atoms. The maximum Gasteiger partial charge on any atom is 0.326 e. The van der Waals surface area contributed by atoms with Crippen LogP contribution in [-0.2, 0) is 16.1 Å². The molecule has 0 aliphatic heterocycles. The number of amides is 1. The van der Waals surface area contributed by atoms with Gasteiger partial charge in [-0.05, 0) is 20.8 Å². The summed E-state index contributed by atoms with van der Waals surface area (Å²) in [4.78, 5) is 34.1. The van der Waals surface area contributed by atoms with Gasteiger partial charge in [-0.15, -0.1) is 0 Å². The van der Waals surface area contributed by atoms with Crippen molar-refractivity contribution in [2.75, 3.05) is 7.05 Å². The first kappa shape index (κ1) is 15.6. The Bertz CT molecular complexity index is 565. The van der Waals surface area contributed by atoms with Crippen LogP contribution in [0.2, 0.25) is 0 Å². The highest BCUT2D eigenvalue weighted by Gasteiger charge is 2.26. The smallest absolute Gasteiger partial charge is 0.326 e. The zero-order valence-corrected chi connectivity index (χ0v) is 11.7. The average Bonchev–Trinajstić information content (AvgIpc) is 2.62. The van der Waals surface area contributed by atoms with E-state index in [9.17, 15) is 19.7 Å². The number of aryl methyl sites for hydroxylation is 1. The molecule has 9 nitrogen and oxygen atoms in total. The molecule has 1 rings (SSSR count). The number of carbonyl (C=O) groups is 2. The second kappa shape index (κ2) is 5.68. The molecule has 1 unspecified atom stereocenters. The molecule has 1 N–H and O–H groups in total. The number of nitro groups is 1. The highest BCUT2D eigenvalue weighted by atomic mass is 16.6. The van der Waals surface area contributed by atoms with E-state index in [4.69, 9.17) is 5.11 Å². The van der Waals surface area contributed by atoms with Crippen molar-refractivity contribution in [2.24, 2.45) is 0 Å². The fraction of sp³-hybridized carbons (Fsp3) is 0.545. The van der Waals surface area contributed by atoms with Crippen LogP contribution < -0.4 is 0 Å². The molecular formula is C11H16N4O5. The van der Waals surface area contributed by atoms with E-state index < -0.39 is 22.8 Å². The summed E-state index contributed by atoms with van der Waals surface area (Å²) < 4.78 is 1.21. The second-order valence-corrected chi connectivity index (χ2v) is 4.45. The van der Waals surface area contributed by atoms with Crippen LogP contribution >= 0.6 is 0 Å². The van der Waals surface area contributed by atoms with Gasteiger partial charge in [0.15, 0.2) is 0 Å². The van der Waals surface area contributed by atoms with Gasteiger partial charge in [-0.1, -0.05) is 0 Å². The summed E-state index contributed by atoms with van der Waals surface area (Å²) in [5.74, 6) is -1.61. The third-order valence-corrected chi connectivity index (χ3v) is 3.14. The van der Waals surface area contributed by atoms with Crippen molar-refractivity contribution in [1.82, 2.24) is 14.7 Å². The normalized spacial score (nSPS) is 12.0. The lowest BCUT2D eigenvalue weighted by molar-refractivity contribution is -0.386. The Kier molecular flexibility index (Phi) is 4.43. The largest absolute Gasteiger partial charge is 0.480 e. The van der Waals surface area contributed by atoms with Crippen LogP contribution in [0.15, 0.2) is 0 Å². The monoisotopic (exact) mass is 284 g/mol. The molecule has 1 atom stereocenters. The molecule has 0 radical (unpaired) electrons. The van der Waals surface area contributed by atoms with Gasteiger partial charge in [-0.25, -0.2) is 4.79 Å². The van der Waals surface area contributed by atoms with E-state index >= 15 is 0 Å². The van der Waals surface area contributed by atoms with Gasteiger partial charge in [0, 0.05) is 7.05 Å². The quantitative estimate of drug-likeness (QED) is 0.615. The number of carboxylic acids is 1. The number of aromatic nitrogens is 2. The molecule has 1 aromatic rings. The minimum atomic E-state index is -1.12. The molecule has 0 aromatic carbocycles. The molecule has 1 heterocycles. The number of carboxylic acid groups (broad SMARTS) is 1. The maximum absolute atomic E-state index is 11.9. The molecular weight excluding hydrogens is 268 g/mol. The topological polar surface area (TPSA) is 119 Å². The molecule has 20 heavy (non-hydrogen) atoms. The van der Waals surface area contributed by atoms with E-state index in [1.165, 1.54) is 32.5 Å². The Morgan fingerprint density at radius 1 is 1.50 bits per heavy atom. The lowest BCUT2D eigenvalue weighted by atomic mass is 10.3. The van der Waals surface area contributed by atoms with Crippen molar-refractivity contribution in [3.8, 4) is 0 Å². The van der Waals surface area contributed by atoms with E-state index in [1.807, 2.05) is 0 Å². The van der Waals surface area contributed by atoms with Crippen molar-refractivity contribution in [2.45, 2.75) is 33.4 Å². The molecule has 1 amide bonds. The van der Waals surface area contributed by atoms with Gasteiger partial charge in [0.2, 0.25) is 5.91 Å². The van der Waals surface area contributed by atoms with E-state index in [-0.39, 0.29) is 23.6 Å². The van der Waals surface area contributed by atoms with E-state index in [0.29, 0.717) is 0 Å². The summed E-state index contributed by atoms with van der Waals surface area (Å²) in [6.07, 6.45) is 0. The van der Waals surface area contributed by atoms with Crippen LogP contribution in [0.4, 0.5) is 5.69 Å². The number of carbonyl (C=O) groups excluding carboxylic acids is 1. The van der Waals surface area contributed by atoms with Crippen molar-refractivity contribution in [3.63, 3.8) is 0 Å². The van der Waals surface area contributed by atoms with Crippen LogP contribution in [-0.4, -0.2) is 49.7 Å². The molecule has 0 aliphatic rings. The van der Waals surface area contributed by atoms with Gasteiger partial charge in [0.05, 0.1) is 4.92 Å². The van der Waals surface area contributed by atoms with Crippen LogP contribution in [0.25, 0.3) is 0 Å². The number of hydrogen-bond acceptors (Lipinski definition) is 5. The maximum atomic E-state index is 11.9. The number of aliphatic carboxylic acids is 1. The van der Waals surface area contributed by atoms with Crippen LogP contribution in [0.3, 0.4) is 0 Å². The number of rotatable bonds is 5. The highest BCUT2D eigenvalue weighted by molar-refractivity contribution is 5.83. The molecule has 0 saturated heterocycles. The fourth-order valence-electron chi connectivity index (χ4n) is 1.73. The van der Waals surface area contributed by atoms with Crippen LogP contribution in [0, 0.1) is 24.0 Å². The number of nitrogens with zero attached hydrogens (tertiary/aromatic N) is 4. The molecule has 0 fully saturated rings. The summed E-state index contributed by atoms with van der Waals surface area (Å²) in [7, 11) is 1.36. The summed E-state index contributed by atoms with van der Waals surface area (Å²) in [5.41, 5.74) is 0.346. The van der Waals surface area contributed by atoms with Gasteiger partial charge >= 0.3 is 11.7 Å². The van der Waals surface area contributed by atoms with Gasteiger partial charge in [0.25, 0.3) is 0 Å². The van der Waals surface area contributed by atoms with E-state index in [2.05, 4.69) is 5.10 Å². The predicted molar refractivity (Wildman–Crippen MR) is 68.2 cm³/mol. The second-order valence-electron chi connectivity index (χ2n) is 4.45. The van der Waals surface area contributed by atoms with Crippen molar-refractivity contribution >= 4 is 17.6 Å². The Morgan fingerprint density at radius 2 is 2.05 bits per heavy atom. The first-order valence-electron chi connectivity index (χ1n) is 5.83. The van der Waals surface area contributed by atoms with Crippen molar-refractivity contribution in [3.05, 3.63) is 21.5 Å². The Morgan fingerprint density at radius 3 is 2.45 bits per heavy atom. The van der Waals surface area contributed by atoms with Crippen molar-refractivity contribution in [1.29, 1.82) is 0 Å². The lowest BCUT2D eigenvalue weighted by Crippen LogP contribution is -2.42. The third kappa shape index (κ3) is 2.92. The van der Waals surface area contributed by atoms with Crippen LogP contribution in [0.5, 0.6) is 0 Å². The SMILES string of the molecule is Cc1nn(CC(=O)N(C)C(C)C(=O)O)c(C)c1[N+](=O)[O-]. The van der Waals surface area contributed by atoms with Gasteiger partial charge < -0.3 is 10.0 Å². The van der Waals surface area contributed by atoms with E-state index in [1.54, 1.807) is 0 Å². The fourth-order valence-corrected chi connectivity index (χ4v) is 1.73. The van der Waals surface area contributed by atoms with Gasteiger partial charge in [0.1, 0.15) is 24.0 Å². The highest BCUT2D eigenvalue weighted by Crippen LogP contribution is 2.21. The zero-order valence-electron chi connectivity index (χ0n) is 11.7. The predicted octanol–water partition coefficient (Wildman–Crippen LogP) is 0.340. The standard InChI is InChI=1S/C11H16N4O5/c1-6-10(15(19)20)7(2)14(12-6)5-9(16)13(4)8(3)11(17)18/h8H,5H2,1-4H3,(H,17,18). The average molecular weight is 284 g/mol. The zero-order chi connectivity index (χ0) is 15.6. The lowest BCUT2D eigenvalue weighted by Gasteiger charge is -2.21. The molecule has 110 valence electrons. The molecule has 1 aromatic heterocycles. The molecule has 0 saturated carbocycles. The minimum absolute atomic E-state index is 0.133. The Labute approximate surface area is 114 Å². The summed E-state index contributed by atoms with van der Waals surface area (Å²) in [5, 5.41) is 23.6. The first-order chi connectivity index (χ1) is 9.16. The third-order valence-electron chi connectivity index (χ3n) is 3.14. The number of hydrogen-bond donors (Lipinski definition) is 1. The molecule has 0 spiro atoms. The number of likely N-dealkylation sites (N-methyl/N-ethyl adjacent to an activating group) is 1. The first-order valence-corrected chi connectivity index (χ1v) is 5.83. The van der Waals surface area contributed by atoms with Crippen molar-refractivity contribution < 1.29 is 19.6 Å². The minimum Gasteiger partial charge on any atom is -0.480 e. The van der Waals surface area contributed by atoms with Crippen LogP contribution in [0.1, 0.15) is 18.3 Å². The summed E-state index contributed by atoms with van der Waals surface area (Å²) in [6, 6.07) is -0.977. The Hall–Kier alpha value is -2.45. The van der Waals surface area contributed by atoms with Gasteiger partial charge in [-0.2, -0.15) is 5.10 Å². The summed E-state index contributed by atoms with van der Waals surface area (Å²) >= 11 is 0. The summed E-state index contributed by atoms with van der Waals surface area (Å²) in [6.45, 7) is 4.11. The Balaban J connectivity index is 2.95. The van der Waals surface area contributed by atoms with Gasteiger partial charge in [-0.3, -0.25) is 19.6 Å².